The minimum absolute atomic E-state index is 0.136. The largest absolute Gasteiger partial charge is 0.294 e. The molecule has 164 valence electrons. The highest BCUT2D eigenvalue weighted by Gasteiger charge is 2.20. The number of aromatic nitrogens is 3. The Morgan fingerprint density at radius 2 is 1.10 bits per heavy atom. The zero-order chi connectivity index (χ0) is 22.4. The summed E-state index contributed by atoms with van der Waals surface area (Å²) in [5, 5.41) is 5.46. The molecule has 0 radical (unpaired) electrons. The highest BCUT2D eigenvalue weighted by molar-refractivity contribution is 5.90. The third-order valence-electron chi connectivity index (χ3n) is 4.24. The molecule has 0 aliphatic heterocycles. The standard InChI is InChI=1S/C22H39N5O2/c1-14(12-21(4,5)6)10-17(28)25-19-23-16(3)24-20(27-19)26-18(29)11-15(2)13-22(7,8)9/h14-15H,10-13H2,1-9H3,(H2,23,24,25,26,27,28,29). The number of rotatable bonds is 8. The van der Waals surface area contributed by atoms with Gasteiger partial charge in [-0.2, -0.15) is 15.0 Å². The van der Waals surface area contributed by atoms with E-state index in [4.69, 9.17) is 0 Å². The lowest BCUT2D eigenvalue weighted by molar-refractivity contribution is -0.118. The molecule has 7 heteroatoms. The van der Waals surface area contributed by atoms with E-state index in [0.29, 0.717) is 18.7 Å². The molecule has 0 spiro atoms. The Morgan fingerprint density at radius 1 is 0.759 bits per heavy atom. The number of hydrogen-bond acceptors (Lipinski definition) is 5. The second-order valence-electron chi connectivity index (χ2n) is 10.8. The first-order chi connectivity index (χ1) is 13.1. The van der Waals surface area contributed by atoms with Gasteiger partial charge in [-0.25, -0.2) is 0 Å². The lowest BCUT2D eigenvalue weighted by Gasteiger charge is -2.22. The zero-order valence-corrected chi connectivity index (χ0v) is 19.6. The molecule has 2 atom stereocenters. The second-order valence-corrected chi connectivity index (χ2v) is 10.8. The van der Waals surface area contributed by atoms with Crippen LogP contribution in [0.25, 0.3) is 0 Å². The van der Waals surface area contributed by atoms with E-state index in [-0.39, 0.29) is 46.4 Å². The van der Waals surface area contributed by atoms with Gasteiger partial charge < -0.3 is 0 Å². The van der Waals surface area contributed by atoms with E-state index in [1.54, 1.807) is 6.92 Å². The molecule has 2 amide bonds. The van der Waals surface area contributed by atoms with Gasteiger partial charge in [-0.15, -0.1) is 0 Å². The molecule has 0 fully saturated rings. The molecular weight excluding hydrogens is 366 g/mol. The van der Waals surface area contributed by atoms with Crippen LogP contribution >= 0.6 is 0 Å². The van der Waals surface area contributed by atoms with E-state index < -0.39 is 0 Å². The van der Waals surface area contributed by atoms with Crippen LogP contribution < -0.4 is 10.6 Å². The molecule has 2 N–H and O–H groups in total. The molecule has 0 bridgehead atoms. The van der Waals surface area contributed by atoms with Crippen molar-refractivity contribution in [2.24, 2.45) is 22.7 Å². The smallest absolute Gasteiger partial charge is 0.234 e. The van der Waals surface area contributed by atoms with Gasteiger partial charge >= 0.3 is 0 Å². The van der Waals surface area contributed by atoms with E-state index in [9.17, 15) is 9.59 Å². The molecule has 1 aromatic heterocycles. The van der Waals surface area contributed by atoms with E-state index in [1.165, 1.54) is 0 Å². The normalized spacial score (nSPS) is 14.2. The van der Waals surface area contributed by atoms with Crippen molar-refractivity contribution in [3.05, 3.63) is 5.82 Å². The molecule has 7 nitrogen and oxygen atoms in total. The molecule has 0 aromatic carbocycles. The molecular formula is C22H39N5O2. The Morgan fingerprint density at radius 3 is 1.41 bits per heavy atom. The summed E-state index contributed by atoms with van der Waals surface area (Å²) in [5.41, 5.74) is 0.343. The van der Waals surface area contributed by atoms with Crippen LogP contribution in [-0.2, 0) is 9.59 Å². The number of amides is 2. The van der Waals surface area contributed by atoms with Crippen LogP contribution in [0, 0.1) is 29.6 Å². The highest BCUT2D eigenvalue weighted by Crippen LogP contribution is 2.27. The summed E-state index contributed by atoms with van der Waals surface area (Å²) in [6.07, 6.45) is 2.69. The fourth-order valence-electron chi connectivity index (χ4n) is 3.81. The van der Waals surface area contributed by atoms with Crippen molar-refractivity contribution >= 4 is 23.7 Å². The maximum Gasteiger partial charge on any atom is 0.234 e. The van der Waals surface area contributed by atoms with Crippen LogP contribution in [0.3, 0.4) is 0 Å². The van der Waals surface area contributed by atoms with E-state index >= 15 is 0 Å². The van der Waals surface area contributed by atoms with Gasteiger partial charge in [-0.1, -0.05) is 55.4 Å². The maximum atomic E-state index is 12.3. The second kappa shape index (κ2) is 10.1. The number of nitrogens with one attached hydrogen (secondary N) is 2. The number of hydrogen-bond donors (Lipinski definition) is 2. The first kappa shape index (κ1) is 25.0. The van der Waals surface area contributed by atoms with Crippen molar-refractivity contribution in [3.63, 3.8) is 0 Å². The minimum Gasteiger partial charge on any atom is -0.294 e. The predicted molar refractivity (Wildman–Crippen MR) is 118 cm³/mol. The lowest BCUT2D eigenvalue weighted by Crippen LogP contribution is -2.22. The van der Waals surface area contributed by atoms with Gasteiger partial charge in [-0.3, -0.25) is 20.2 Å². The van der Waals surface area contributed by atoms with Crippen molar-refractivity contribution in [3.8, 4) is 0 Å². The fourth-order valence-corrected chi connectivity index (χ4v) is 3.81. The Kier molecular flexibility index (Phi) is 8.72. The number of aryl methyl sites for hydroxylation is 1. The van der Waals surface area contributed by atoms with Gasteiger partial charge in [0.25, 0.3) is 0 Å². The molecule has 0 saturated heterocycles. The van der Waals surface area contributed by atoms with Crippen molar-refractivity contribution < 1.29 is 9.59 Å². The molecule has 0 aliphatic rings. The van der Waals surface area contributed by atoms with E-state index in [2.05, 4.69) is 81.0 Å². The van der Waals surface area contributed by atoms with Crippen LogP contribution in [0.15, 0.2) is 0 Å². The quantitative estimate of drug-likeness (QED) is 0.635. The lowest BCUT2D eigenvalue weighted by atomic mass is 9.84. The molecule has 1 rings (SSSR count). The summed E-state index contributed by atoms with van der Waals surface area (Å²) in [7, 11) is 0. The number of carbonyl (C=O) groups excluding carboxylic acids is 2. The number of nitrogens with zero attached hydrogens (tertiary/aromatic N) is 3. The average Bonchev–Trinajstić information content (AvgIpc) is 2.40. The van der Waals surface area contributed by atoms with Gasteiger partial charge in [0.1, 0.15) is 5.82 Å². The third kappa shape index (κ3) is 11.5. The monoisotopic (exact) mass is 405 g/mol. The van der Waals surface area contributed by atoms with Crippen LogP contribution in [0.5, 0.6) is 0 Å². The maximum absolute atomic E-state index is 12.3. The topological polar surface area (TPSA) is 96.9 Å². The van der Waals surface area contributed by atoms with Gasteiger partial charge in [-0.05, 0) is 42.4 Å². The summed E-state index contributed by atoms with van der Waals surface area (Å²) in [4.78, 5) is 37.2. The van der Waals surface area contributed by atoms with Gasteiger partial charge in [0.05, 0.1) is 0 Å². The highest BCUT2D eigenvalue weighted by atomic mass is 16.2. The first-order valence-electron chi connectivity index (χ1n) is 10.5. The van der Waals surface area contributed by atoms with Gasteiger partial charge in [0.15, 0.2) is 0 Å². The first-order valence-corrected chi connectivity index (χ1v) is 10.5. The van der Waals surface area contributed by atoms with Crippen LogP contribution in [0.1, 0.15) is 86.9 Å². The predicted octanol–water partition coefficient (Wildman–Crippen LogP) is 4.98. The molecule has 1 heterocycles. The molecule has 2 unspecified atom stereocenters. The van der Waals surface area contributed by atoms with Crippen molar-refractivity contribution in [1.82, 2.24) is 15.0 Å². The summed E-state index contributed by atoms with van der Waals surface area (Å²) in [6, 6.07) is 0. The summed E-state index contributed by atoms with van der Waals surface area (Å²) < 4.78 is 0. The van der Waals surface area contributed by atoms with Crippen molar-refractivity contribution in [2.75, 3.05) is 10.6 Å². The Labute approximate surface area is 175 Å². The summed E-state index contributed by atoms with van der Waals surface area (Å²) in [5.74, 6) is 1.01. The summed E-state index contributed by atoms with van der Waals surface area (Å²) >= 11 is 0. The Bertz CT molecular complexity index is 648. The van der Waals surface area contributed by atoms with Crippen molar-refractivity contribution in [2.45, 2.75) is 88.0 Å². The fraction of sp³-hybridized carbons (Fsp3) is 0.773. The summed E-state index contributed by atoms with van der Waals surface area (Å²) in [6.45, 7) is 18.8. The van der Waals surface area contributed by atoms with Crippen LogP contribution in [-0.4, -0.2) is 26.8 Å². The molecule has 0 saturated carbocycles. The minimum atomic E-state index is -0.136. The number of anilines is 2. The van der Waals surface area contributed by atoms with Gasteiger partial charge in [0, 0.05) is 12.8 Å². The molecule has 29 heavy (non-hydrogen) atoms. The van der Waals surface area contributed by atoms with Gasteiger partial charge in [0.2, 0.25) is 23.7 Å². The van der Waals surface area contributed by atoms with E-state index in [0.717, 1.165) is 12.8 Å². The molecule has 0 aliphatic carbocycles. The zero-order valence-electron chi connectivity index (χ0n) is 19.6. The SMILES string of the molecule is Cc1nc(NC(=O)CC(C)CC(C)(C)C)nc(NC(=O)CC(C)CC(C)(C)C)n1. The Balaban J connectivity index is 2.68. The average molecular weight is 406 g/mol. The van der Waals surface area contributed by atoms with E-state index in [1.807, 2.05) is 0 Å². The Hall–Kier alpha value is -2.05. The van der Waals surface area contributed by atoms with Crippen molar-refractivity contribution in [1.29, 1.82) is 0 Å². The van der Waals surface area contributed by atoms with Crippen LogP contribution in [0.4, 0.5) is 11.9 Å². The van der Waals surface area contributed by atoms with Crippen LogP contribution in [0.2, 0.25) is 0 Å². The third-order valence-corrected chi connectivity index (χ3v) is 4.24. The number of carbonyl (C=O) groups is 2. The molecule has 1 aromatic rings.